The molecule has 0 saturated carbocycles. The summed E-state index contributed by atoms with van der Waals surface area (Å²) >= 11 is 0. The Kier molecular flexibility index (Phi) is 3.07. The molecule has 1 aromatic rings. The van der Waals surface area contributed by atoms with Crippen molar-refractivity contribution in [2.45, 2.75) is 32.6 Å². The summed E-state index contributed by atoms with van der Waals surface area (Å²) in [5.41, 5.74) is 8.81. The molecule has 1 nitrogen and oxygen atoms in total. The van der Waals surface area contributed by atoms with Crippen molar-refractivity contribution in [3.05, 3.63) is 76.5 Å². The van der Waals surface area contributed by atoms with Crippen LogP contribution in [0.4, 0.5) is 5.69 Å². The molecule has 1 unspecified atom stereocenters. The molecule has 0 fully saturated rings. The lowest BCUT2D eigenvalue weighted by molar-refractivity contribution is 0.828. The van der Waals surface area contributed by atoms with Gasteiger partial charge in [0, 0.05) is 17.3 Å². The van der Waals surface area contributed by atoms with Crippen LogP contribution in [0.3, 0.4) is 0 Å². The van der Waals surface area contributed by atoms with Gasteiger partial charge >= 0.3 is 0 Å². The molecule has 0 amide bonds. The normalized spacial score (nSPS) is 23.9. The standard InChI is InChI=1S/C20H21N/c1-14-17-9-5-6-10-18(17)19-12-11-16(13-20(14)19)21-15-7-3-2-4-8-15/h2-4,7-10,13-14,21H,5-6,11-12H2,1H3. The van der Waals surface area contributed by atoms with E-state index in [2.05, 4.69) is 60.8 Å². The highest BCUT2D eigenvalue weighted by atomic mass is 14.9. The number of rotatable bonds is 2. The van der Waals surface area contributed by atoms with E-state index in [0.717, 1.165) is 6.42 Å². The number of anilines is 1. The molecule has 1 N–H and O–H groups in total. The molecule has 0 bridgehead atoms. The minimum atomic E-state index is 0.569. The second kappa shape index (κ2) is 5.07. The zero-order valence-corrected chi connectivity index (χ0v) is 12.5. The van der Waals surface area contributed by atoms with E-state index in [4.69, 9.17) is 0 Å². The summed E-state index contributed by atoms with van der Waals surface area (Å²) in [5, 5.41) is 3.58. The first-order valence-corrected chi connectivity index (χ1v) is 7.99. The molecular formula is C20H21N. The summed E-state index contributed by atoms with van der Waals surface area (Å²) in [4.78, 5) is 0. The Balaban J connectivity index is 1.65. The number of benzene rings is 1. The fraction of sp³-hybridized carbons (Fsp3) is 0.300. The van der Waals surface area contributed by atoms with Crippen LogP contribution in [0.1, 0.15) is 32.6 Å². The lowest BCUT2D eigenvalue weighted by atomic mass is 9.92. The average Bonchev–Trinajstić information content (AvgIpc) is 2.82. The minimum Gasteiger partial charge on any atom is -0.359 e. The summed E-state index contributed by atoms with van der Waals surface area (Å²) in [6, 6.07) is 10.5. The van der Waals surface area contributed by atoms with Crippen molar-refractivity contribution in [3.63, 3.8) is 0 Å². The Morgan fingerprint density at radius 2 is 1.81 bits per heavy atom. The molecule has 0 spiro atoms. The maximum absolute atomic E-state index is 3.58. The van der Waals surface area contributed by atoms with Gasteiger partial charge < -0.3 is 5.32 Å². The van der Waals surface area contributed by atoms with E-state index in [9.17, 15) is 0 Å². The smallest absolute Gasteiger partial charge is 0.0381 e. The van der Waals surface area contributed by atoms with Crippen molar-refractivity contribution < 1.29 is 0 Å². The van der Waals surface area contributed by atoms with Crippen molar-refractivity contribution in [1.82, 2.24) is 0 Å². The Morgan fingerprint density at radius 1 is 1.00 bits per heavy atom. The Bertz CT molecular complexity index is 686. The predicted molar refractivity (Wildman–Crippen MR) is 89.0 cm³/mol. The van der Waals surface area contributed by atoms with E-state index in [-0.39, 0.29) is 0 Å². The fourth-order valence-electron chi connectivity index (χ4n) is 3.80. The summed E-state index contributed by atoms with van der Waals surface area (Å²) in [5.74, 6) is 0.569. The molecule has 3 aliphatic rings. The number of allylic oxidation sites excluding steroid dienone is 8. The van der Waals surface area contributed by atoms with Gasteiger partial charge in [-0.15, -0.1) is 0 Å². The third-order valence-electron chi connectivity index (χ3n) is 4.85. The zero-order valence-electron chi connectivity index (χ0n) is 12.5. The van der Waals surface area contributed by atoms with Crippen LogP contribution in [0.15, 0.2) is 76.5 Å². The Labute approximate surface area is 126 Å². The largest absolute Gasteiger partial charge is 0.359 e. The molecular weight excluding hydrogens is 254 g/mol. The van der Waals surface area contributed by atoms with E-state index >= 15 is 0 Å². The van der Waals surface area contributed by atoms with E-state index in [1.54, 1.807) is 22.3 Å². The first kappa shape index (κ1) is 12.7. The monoisotopic (exact) mass is 275 g/mol. The second-order valence-electron chi connectivity index (χ2n) is 6.17. The molecule has 1 atom stereocenters. The summed E-state index contributed by atoms with van der Waals surface area (Å²) in [6.45, 7) is 2.36. The van der Waals surface area contributed by atoms with Crippen LogP contribution in [0.5, 0.6) is 0 Å². The molecule has 106 valence electrons. The SMILES string of the molecule is CC1C2=CCCC=C2C2=C1C=C(Nc1ccccc1)CC2. The molecule has 0 aliphatic heterocycles. The van der Waals surface area contributed by atoms with Crippen molar-refractivity contribution in [1.29, 1.82) is 0 Å². The minimum absolute atomic E-state index is 0.569. The summed E-state index contributed by atoms with van der Waals surface area (Å²) in [6.07, 6.45) is 12.0. The first-order valence-electron chi connectivity index (χ1n) is 7.99. The van der Waals surface area contributed by atoms with Gasteiger partial charge in [-0.2, -0.15) is 0 Å². The number of nitrogens with one attached hydrogen (secondary N) is 1. The quantitative estimate of drug-likeness (QED) is 0.765. The third kappa shape index (κ3) is 2.17. The van der Waals surface area contributed by atoms with E-state index in [0.29, 0.717) is 5.92 Å². The van der Waals surface area contributed by atoms with E-state index in [1.807, 2.05) is 0 Å². The molecule has 0 aromatic heterocycles. The van der Waals surface area contributed by atoms with Crippen LogP contribution in [0, 0.1) is 5.92 Å². The highest BCUT2D eigenvalue weighted by Crippen LogP contribution is 2.48. The molecule has 0 saturated heterocycles. The van der Waals surface area contributed by atoms with Gasteiger partial charge in [-0.1, -0.05) is 37.3 Å². The highest BCUT2D eigenvalue weighted by molar-refractivity contribution is 5.65. The highest BCUT2D eigenvalue weighted by Gasteiger charge is 2.32. The van der Waals surface area contributed by atoms with Gasteiger partial charge in [-0.05, 0) is 66.2 Å². The summed E-state index contributed by atoms with van der Waals surface area (Å²) in [7, 11) is 0. The number of fused-ring (bicyclic) bond motifs is 2. The number of hydrogen-bond acceptors (Lipinski definition) is 1. The van der Waals surface area contributed by atoms with Gasteiger partial charge in [-0.3, -0.25) is 0 Å². The number of hydrogen-bond donors (Lipinski definition) is 1. The maximum atomic E-state index is 3.58. The molecule has 0 heterocycles. The zero-order chi connectivity index (χ0) is 14.2. The molecule has 1 heteroatoms. The van der Waals surface area contributed by atoms with Gasteiger partial charge in [0.15, 0.2) is 0 Å². The van der Waals surface area contributed by atoms with Crippen molar-refractivity contribution in [2.24, 2.45) is 5.92 Å². The average molecular weight is 275 g/mol. The molecule has 21 heavy (non-hydrogen) atoms. The van der Waals surface area contributed by atoms with Crippen LogP contribution in [0.2, 0.25) is 0 Å². The van der Waals surface area contributed by atoms with Crippen LogP contribution in [-0.2, 0) is 0 Å². The van der Waals surface area contributed by atoms with E-state index < -0.39 is 0 Å². The Hall–Kier alpha value is -2.02. The van der Waals surface area contributed by atoms with Gasteiger partial charge in [0.1, 0.15) is 0 Å². The van der Waals surface area contributed by atoms with Crippen LogP contribution < -0.4 is 5.32 Å². The van der Waals surface area contributed by atoms with Gasteiger partial charge in [-0.25, -0.2) is 0 Å². The lowest BCUT2D eigenvalue weighted by Crippen LogP contribution is -2.06. The predicted octanol–water partition coefficient (Wildman–Crippen LogP) is 5.37. The van der Waals surface area contributed by atoms with Gasteiger partial charge in [0.2, 0.25) is 0 Å². The van der Waals surface area contributed by atoms with Crippen molar-refractivity contribution in [2.75, 3.05) is 5.32 Å². The molecule has 1 aromatic carbocycles. The van der Waals surface area contributed by atoms with Crippen LogP contribution in [0.25, 0.3) is 0 Å². The number of para-hydroxylation sites is 1. The molecule has 0 radical (unpaired) electrons. The first-order chi connectivity index (χ1) is 10.3. The second-order valence-corrected chi connectivity index (χ2v) is 6.17. The van der Waals surface area contributed by atoms with Crippen molar-refractivity contribution in [3.8, 4) is 0 Å². The molecule has 3 aliphatic carbocycles. The maximum Gasteiger partial charge on any atom is 0.0381 e. The van der Waals surface area contributed by atoms with E-state index in [1.165, 1.54) is 30.6 Å². The van der Waals surface area contributed by atoms with Crippen LogP contribution >= 0.6 is 0 Å². The summed E-state index contributed by atoms with van der Waals surface area (Å²) < 4.78 is 0. The van der Waals surface area contributed by atoms with Crippen molar-refractivity contribution >= 4 is 5.69 Å². The third-order valence-corrected chi connectivity index (χ3v) is 4.85. The van der Waals surface area contributed by atoms with Gasteiger partial charge in [0.25, 0.3) is 0 Å². The molecule has 4 rings (SSSR count). The Morgan fingerprint density at radius 3 is 2.67 bits per heavy atom. The van der Waals surface area contributed by atoms with Crippen LogP contribution in [-0.4, -0.2) is 0 Å². The van der Waals surface area contributed by atoms with Gasteiger partial charge in [0.05, 0.1) is 0 Å². The lowest BCUT2D eigenvalue weighted by Gasteiger charge is -2.19. The fourth-order valence-corrected chi connectivity index (χ4v) is 3.80. The topological polar surface area (TPSA) is 12.0 Å².